The number of hydrogen-bond donors (Lipinski definition) is 3. The molecule has 0 spiro atoms. The van der Waals surface area contributed by atoms with E-state index in [1.54, 1.807) is 23.8 Å². The first-order valence-electron chi connectivity index (χ1n) is 7.32. The Morgan fingerprint density at radius 3 is 1.88 bits per heavy atom. The standard InChI is InChI=1S/C9H8N2OS.C9H7NOS/c10-6-5-13-9(8(6)12)7-3-1-2-4-11-7;11-8-4-6-12-9(8)7-3-1-2-5-10-7/h1-5,12H,10H2;1-6,11H. The van der Waals surface area contributed by atoms with Crippen molar-refractivity contribution < 1.29 is 10.2 Å². The summed E-state index contributed by atoms with van der Waals surface area (Å²) in [5.74, 6) is 0.433. The molecule has 0 aliphatic carbocycles. The molecular formula is C18H15N3O2S2. The van der Waals surface area contributed by atoms with Crippen molar-refractivity contribution in [1.82, 2.24) is 9.97 Å². The molecule has 4 heterocycles. The number of hydrogen-bond acceptors (Lipinski definition) is 7. The van der Waals surface area contributed by atoms with Crippen LogP contribution in [0.5, 0.6) is 11.5 Å². The first-order chi connectivity index (χ1) is 12.2. The van der Waals surface area contributed by atoms with Crippen molar-refractivity contribution in [2.45, 2.75) is 0 Å². The minimum atomic E-state index is 0.128. The minimum Gasteiger partial charge on any atom is -0.506 e. The van der Waals surface area contributed by atoms with Crippen LogP contribution >= 0.6 is 22.7 Å². The highest BCUT2D eigenvalue weighted by Gasteiger charge is 2.10. The number of thiophene rings is 2. The van der Waals surface area contributed by atoms with Gasteiger partial charge in [0.1, 0.15) is 5.75 Å². The molecule has 0 saturated carbocycles. The molecule has 0 amide bonds. The van der Waals surface area contributed by atoms with Gasteiger partial charge in [-0.3, -0.25) is 9.97 Å². The Morgan fingerprint density at radius 2 is 1.44 bits per heavy atom. The fourth-order valence-electron chi connectivity index (χ4n) is 2.04. The summed E-state index contributed by atoms with van der Waals surface area (Å²) in [5.41, 5.74) is 7.49. The molecule has 5 nitrogen and oxygen atoms in total. The molecule has 0 aromatic carbocycles. The number of aromatic nitrogens is 2. The predicted octanol–water partition coefficient (Wildman–Crippen LogP) is 4.61. The van der Waals surface area contributed by atoms with Crippen molar-refractivity contribution in [2.75, 3.05) is 5.73 Å². The van der Waals surface area contributed by atoms with Crippen LogP contribution < -0.4 is 5.73 Å². The average molecular weight is 369 g/mol. The monoisotopic (exact) mass is 369 g/mol. The van der Waals surface area contributed by atoms with Gasteiger partial charge in [0.15, 0.2) is 5.75 Å². The second kappa shape index (κ2) is 7.78. The highest BCUT2D eigenvalue weighted by Crippen LogP contribution is 2.38. The van der Waals surface area contributed by atoms with Gasteiger partial charge in [-0.15, -0.1) is 22.7 Å². The van der Waals surface area contributed by atoms with E-state index in [9.17, 15) is 10.2 Å². The summed E-state index contributed by atoms with van der Waals surface area (Å²) in [7, 11) is 0. The Hall–Kier alpha value is -2.90. The second-order valence-electron chi connectivity index (χ2n) is 4.93. The van der Waals surface area contributed by atoms with E-state index in [0.717, 1.165) is 21.1 Å². The lowest BCUT2D eigenvalue weighted by molar-refractivity contribution is 0.479. The van der Waals surface area contributed by atoms with Crippen LogP contribution in [0, 0.1) is 0 Å². The van der Waals surface area contributed by atoms with Gasteiger partial charge in [-0.1, -0.05) is 12.1 Å². The Kier molecular flexibility index (Phi) is 5.27. The van der Waals surface area contributed by atoms with Crippen molar-refractivity contribution >= 4 is 28.4 Å². The summed E-state index contributed by atoms with van der Waals surface area (Å²) in [6, 6.07) is 12.9. The van der Waals surface area contributed by atoms with Crippen LogP contribution in [-0.2, 0) is 0 Å². The first-order valence-corrected chi connectivity index (χ1v) is 9.08. The number of anilines is 1. The first kappa shape index (κ1) is 16.9. The fraction of sp³-hybridized carbons (Fsp3) is 0. The van der Waals surface area contributed by atoms with Crippen LogP contribution in [0.2, 0.25) is 0 Å². The quantitative estimate of drug-likeness (QED) is 0.480. The SMILES string of the molecule is Nc1csc(-c2ccccn2)c1O.Oc1ccsc1-c1ccccn1. The van der Waals surface area contributed by atoms with E-state index in [1.807, 2.05) is 41.8 Å². The zero-order valence-corrected chi connectivity index (χ0v) is 14.7. The Balaban J connectivity index is 0.000000146. The molecule has 0 aliphatic heterocycles. The zero-order chi connectivity index (χ0) is 17.6. The van der Waals surface area contributed by atoms with Crippen LogP contribution in [0.1, 0.15) is 0 Å². The molecule has 7 heteroatoms. The largest absolute Gasteiger partial charge is 0.506 e. The van der Waals surface area contributed by atoms with Gasteiger partial charge < -0.3 is 15.9 Å². The summed E-state index contributed by atoms with van der Waals surface area (Å²) >= 11 is 2.88. The highest BCUT2D eigenvalue weighted by atomic mass is 32.1. The third-order valence-electron chi connectivity index (χ3n) is 3.23. The lowest BCUT2D eigenvalue weighted by Gasteiger charge is -1.96. The van der Waals surface area contributed by atoms with E-state index in [-0.39, 0.29) is 5.75 Å². The molecule has 0 aliphatic rings. The lowest BCUT2D eigenvalue weighted by atomic mass is 10.3. The summed E-state index contributed by atoms with van der Waals surface area (Å²) in [4.78, 5) is 9.80. The van der Waals surface area contributed by atoms with Crippen molar-refractivity contribution in [3.8, 4) is 32.6 Å². The Bertz CT molecular complexity index is 937. The fourth-order valence-corrected chi connectivity index (χ4v) is 3.63. The predicted molar refractivity (Wildman–Crippen MR) is 103 cm³/mol. The van der Waals surface area contributed by atoms with Gasteiger partial charge in [0.25, 0.3) is 0 Å². The van der Waals surface area contributed by atoms with Crippen molar-refractivity contribution in [2.24, 2.45) is 0 Å². The minimum absolute atomic E-state index is 0.128. The highest BCUT2D eigenvalue weighted by molar-refractivity contribution is 7.14. The maximum Gasteiger partial charge on any atom is 0.158 e. The number of pyridine rings is 2. The van der Waals surface area contributed by atoms with Gasteiger partial charge in [-0.25, -0.2) is 0 Å². The maximum absolute atomic E-state index is 9.54. The van der Waals surface area contributed by atoms with E-state index in [0.29, 0.717) is 11.4 Å². The van der Waals surface area contributed by atoms with Crippen molar-refractivity contribution in [3.63, 3.8) is 0 Å². The van der Waals surface area contributed by atoms with Crippen LogP contribution in [-0.4, -0.2) is 20.2 Å². The topological polar surface area (TPSA) is 92.3 Å². The molecule has 0 atom stereocenters. The molecule has 4 N–H and O–H groups in total. The van der Waals surface area contributed by atoms with Gasteiger partial charge in [-0.05, 0) is 35.7 Å². The molecule has 4 aromatic heterocycles. The Morgan fingerprint density at radius 1 is 0.800 bits per heavy atom. The molecule has 4 aromatic rings. The van der Waals surface area contributed by atoms with E-state index in [2.05, 4.69) is 9.97 Å². The Labute approximate surface area is 152 Å². The van der Waals surface area contributed by atoms with Gasteiger partial charge in [-0.2, -0.15) is 0 Å². The number of nitrogens with two attached hydrogens (primary N) is 1. The molecule has 126 valence electrons. The number of rotatable bonds is 2. The van der Waals surface area contributed by atoms with Crippen molar-refractivity contribution in [3.05, 3.63) is 65.6 Å². The zero-order valence-electron chi connectivity index (χ0n) is 13.0. The molecule has 0 unspecified atom stereocenters. The third kappa shape index (κ3) is 3.96. The summed E-state index contributed by atoms with van der Waals surface area (Å²) < 4.78 is 0. The smallest absolute Gasteiger partial charge is 0.158 e. The molecule has 25 heavy (non-hydrogen) atoms. The second-order valence-corrected chi connectivity index (χ2v) is 6.73. The number of nitrogen functional groups attached to an aromatic ring is 1. The molecule has 0 saturated heterocycles. The van der Waals surface area contributed by atoms with Gasteiger partial charge in [0, 0.05) is 17.8 Å². The lowest BCUT2D eigenvalue weighted by Crippen LogP contribution is -1.81. The third-order valence-corrected chi connectivity index (χ3v) is 5.17. The maximum atomic E-state index is 9.54. The van der Waals surface area contributed by atoms with Crippen molar-refractivity contribution in [1.29, 1.82) is 0 Å². The van der Waals surface area contributed by atoms with E-state index in [4.69, 9.17) is 5.73 Å². The summed E-state index contributed by atoms with van der Waals surface area (Å²) in [6.07, 6.45) is 3.40. The summed E-state index contributed by atoms with van der Waals surface area (Å²) in [6.45, 7) is 0. The number of aromatic hydroxyl groups is 2. The average Bonchev–Trinajstić information content (AvgIpc) is 3.23. The molecule has 0 fully saturated rings. The van der Waals surface area contributed by atoms with Gasteiger partial charge >= 0.3 is 0 Å². The van der Waals surface area contributed by atoms with E-state index < -0.39 is 0 Å². The molecule has 0 radical (unpaired) electrons. The van der Waals surface area contributed by atoms with Gasteiger partial charge in [0.05, 0.1) is 26.8 Å². The van der Waals surface area contributed by atoms with Crippen LogP contribution in [0.15, 0.2) is 65.6 Å². The van der Waals surface area contributed by atoms with Crippen LogP contribution in [0.3, 0.4) is 0 Å². The van der Waals surface area contributed by atoms with Crippen LogP contribution in [0.25, 0.3) is 21.1 Å². The van der Waals surface area contributed by atoms with Gasteiger partial charge in [0.2, 0.25) is 0 Å². The molecule has 0 bridgehead atoms. The number of nitrogens with zero attached hydrogens (tertiary/aromatic N) is 2. The normalized spacial score (nSPS) is 10.1. The van der Waals surface area contributed by atoms with E-state index >= 15 is 0 Å². The summed E-state index contributed by atoms with van der Waals surface area (Å²) in [5, 5.41) is 22.5. The molecule has 4 rings (SSSR count). The van der Waals surface area contributed by atoms with E-state index in [1.165, 1.54) is 22.7 Å². The van der Waals surface area contributed by atoms with Crippen LogP contribution in [0.4, 0.5) is 5.69 Å². The molecular weight excluding hydrogens is 354 g/mol.